The van der Waals surface area contributed by atoms with Gasteiger partial charge in [-0.05, 0) is 12.8 Å². The van der Waals surface area contributed by atoms with Gasteiger partial charge in [0.15, 0.2) is 0 Å². The molecule has 0 rings (SSSR count). The van der Waals surface area contributed by atoms with Gasteiger partial charge < -0.3 is 25.5 Å². The number of aliphatic hydroxyl groups is 4. The molecule has 0 aromatic heterocycles. The number of unbranched alkanes of at least 4 members (excludes halogenated alkanes) is 27. The van der Waals surface area contributed by atoms with Crippen LogP contribution in [0, 0.1) is 0 Å². The van der Waals surface area contributed by atoms with E-state index in [4.69, 9.17) is 25.5 Å². The van der Waals surface area contributed by atoms with Crippen molar-refractivity contribution < 1.29 is 30.3 Å². The molecule has 43 heavy (non-hydrogen) atoms. The Morgan fingerprint density at radius 2 is 0.651 bits per heavy atom. The van der Waals surface area contributed by atoms with Crippen LogP contribution in [0.25, 0.3) is 0 Å². The van der Waals surface area contributed by atoms with E-state index in [0.29, 0.717) is 13.0 Å². The van der Waals surface area contributed by atoms with Crippen molar-refractivity contribution in [1.29, 1.82) is 0 Å². The van der Waals surface area contributed by atoms with Gasteiger partial charge in [-0.1, -0.05) is 187 Å². The van der Waals surface area contributed by atoms with E-state index in [0.717, 1.165) is 19.3 Å². The molecule has 6 heteroatoms. The molecule has 0 spiro atoms. The molecule has 0 aliphatic rings. The first-order chi connectivity index (χ1) is 21.0. The number of carbonyl (C=O) groups is 1. The van der Waals surface area contributed by atoms with Crippen molar-refractivity contribution in [2.24, 2.45) is 0 Å². The number of carboxylic acids is 1. The molecular formula is C37H78O6. The quantitative estimate of drug-likeness (QED) is 0.0479. The largest absolute Gasteiger partial charge is 0.481 e. The normalized spacial score (nSPS) is 10.8. The predicted molar refractivity (Wildman–Crippen MR) is 185 cm³/mol. The SMILES string of the molecule is CCCCCCCCCCCCCCCCCC(=O)O.CCCCCCCCCCCCCCCCO.OCC(O)CO. The van der Waals surface area contributed by atoms with Crippen LogP contribution >= 0.6 is 0 Å². The molecule has 0 saturated heterocycles. The van der Waals surface area contributed by atoms with Crippen molar-refractivity contribution in [3.05, 3.63) is 0 Å². The zero-order chi connectivity index (χ0) is 32.5. The van der Waals surface area contributed by atoms with Crippen LogP contribution in [0.3, 0.4) is 0 Å². The second kappa shape index (κ2) is 45.7. The minimum absolute atomic E-state index is 0.345. The fourth-order valence-electron chi connectivity index (χ4n) is 5.01. The maximum Gasteiger partial charge on any atom is 0.303 e. The number of aliphatic hydroxyl groups excluding tert-OH is 4. The van der Waals surface area contributed by atoms with E-state index < -0.39 is 12.1 Å². The lowest BCUT2D eigenvalue weighted by molar-refractivity contribution is -0.137. The van der Waals surface area contributed by atoms with Crippen LogP contribution in [0.4, 0.5) is 0 Å². The van der Waals surface area contributed by atoms with Gasteiger partial charge in [-0.2, -0.15) is 0 Å². The first kappa shape index (κ1) is 46.7. The zero-order valence-electron chi connectivity index (χ0n) is 29.1. The maximum atomic E-state index is 10.3. The smallest absolute Gasteiger partial charge is 0.303 e. The molecule has 0 aliphatic heterocycles. The van der Waals surface area contributed by atoms with Gasteiger partial charge in [0.1, 0.15) is 6.10 Å². The summed E-state index contributed by atoms with van der Waals surface area (Å²) in [6, 6.07) is 0. The van der Waals surface area contributed by atoms with Gasteiger partial charge in [-0.3, -0.25) is 4.79 Å². The standard InChI is InChI=1S/C18H36O2.C16H34O.C3H8O3/c1-2-3-4-5-6-7-8-9-10-11-12-13-14-15-16-17-18(19)20;1-2-3-4-5-6-7-8-9-10-11-12-13-14-15-16-17;4-1-3(6)2-5/h2-17H2,1H3,(H,19,20);17H,2-16H2,1H3;3-6H,1-2H2. The van der Waals surface area contributed by atoms with E-state index in [-0.39, 0.29) is 13.2 Å². The monoisotopic (exact) mass is 619 g/mol. The highest BCUT2D eigenvalue weighted by Crippen LogP contribution is 2.14. The Hall–Kier alpha value is -0.690. The minimum atomic E-state index is -0.954. The van der Waals surface area contributed by atoms with Crippen LogP contribution in [0.15, 0.2) is 0 Å². The average Bonchev–Trinajstić information content (AvgIpc) is 3.01. The van der Waals surface area contributed by atoms with Gasteiger partial charge in [0.25, 0.3) is 0 Å². The van der Waals surface area contributed by atoms with Gasteiger partial charge in [-0.15, -0.1) is 0 Å². The van der Waals surface area contributed by atoms with Crippen LogP contribution in [-0.2, 0) is 4.79 Å². The summed E-state index contributed by atoms with van der Waals surface area (Å²) in [4.78, 5) is 10.3. The van der Waals surface area contributed by atoms with Gasteiger partial charge in [-0.25, -0.2) is 0 Å². The van der Waals surface area contributed by atoms with Crippen molar-refractivity contribution in [1.82, 2.24) is 0 Å². The molecule has 0 fully saturated rings. The summed E-state index contributed by atoms with van der Waals surface area (Å²) in [5.41, 5.74) is 0. The molecule has 0 aromatic rings. The Morgan fingerprint density at radius 1 is 0.419 bits per heavy atom. The highest BCUT2D eigenvalue weighted by Gasteiger charge is 1.97. The fraction of sp³-hybridized carbons (Fsp3) is 0.973. The number of carboxylic acid groups (broad SMARTS) is 1. The van der Waals surface area contributed by atoms with Crippen molar-refractivity contribution in [3.63, 3.8) is 0 Å². The third-order valence-electron chi connectivity index (χ3n) is 7.93. The third-order valence-corrected chi connectivity index (χ3v) is 7.93. The van der Waals surface area contributed by atoms with Crippen molar-refractivity contribution >= 4 is 5.97 Å². The van der Waals surface area contributed by atoms with Crippen molar-refractivity contribution in [2.75, 3.05) is 19.8 Å². The van der Waals surface area contributed by atoms with E-state index in [9.17, 15) is 4.79 Å². The van der Waals surface area contributed by atoms with E-state index in [1.54, 1.807) is 0 Å². The highest BCUT2D eigenvalue weighted by atomic mass is 16.4. The van der Waals surface area contributed by atoms with Gasteiger partial charge >= 0.3 is 5.97 Å². The topological polar surface area (TPSA) is 118 Å². The summed E-state index contributed by atoms with van der Waals surface area (Å²) in [6.07, 6.45) is 38.5. The molecule has 6 nitrogen and oxygen atoms in total. The predicted octanol–water partition coefficient (Wildman–Crippen LogP) is 10.1. The lowest BCUT2D eigenvalue weighted by atomic mass is 10.0. The molecule has 0 aliphatic carbocycles. The van der Waals surface area contributed by atoms with E-state index in [1.807, 2.05) is 0 Å². The van der Waals surface area contributed by atoms with Gasteiger partial charge in [0, 0.05) is 13.0 Å². The molecular weight excluding hydrogens is 540 g/mol. The number of hydrogen-bond donors (Lipinski definition) is 5. The molecule has 0 amide bonds. The molecule has 0 atom stereocenters. The summed E-state index contributed by atoms with van der Waals surface area (Å²) < 4.78 is 0. The van der Waals surface area contributed by atoms with Crippen molar-refractivity contribution in [2.45, 2.75) is 213 Å². The van der Waals surface area contributed by atoms with E-state index in [2.05, 4.69) is 13.8 Å². The fourth-order valence-corrected chi connectivity index (χ4v) is 5.01. The lowest BCUT2D eigenvalue weighted by Crippen LogP contribution is -2.15. The molecule has 0 unspecified atom stereocenters. The van der Waals surface area contributed by atoms with E-state index in [1.165, 1.54) is 167 Å². The summed E-state index contributed by atoms with van der Waals surface area (Å²) in [5.74, 6) is -0.653. The van der Waals surface area contributed by atoms with Crippen LogP contribution in [-0.4, -0.2) is 57.4 Å². The zero-order valence-corrected chi connectivity index (χ0v) is 29.1. The first-order valence-corrected chi connectivity index (χ1v) is 18.7. The Kier molecular flexibility index (Phi) is 49.7. The summed E-state index contributed by atoms with van der Waals surface area (Å²) in [7, 11) is 0. The number of aliphatic carboxylic acids is 1. The molecule has 262 valence electrons. The third kappa shape index (κ3) is 54.2. The summed E-state index contributed by atoms with van der Waals surface area (Å²) >= 11 is 0. The number of rotatable bonds is 32. The Bertz CT molecular complexity index is 456. The first-order valence-electron chi connectivity index (χ1n) is 18.7. The summed E-state index contributed by atoms with van der Waals surface area (Å²) in [5, 5.41) is 41.2. The maximum absolute atomic E-state index is 10.3. The summed E-state index contributed by atoms with van der Waals surface area (Å²) in [6.45, 7) is 4.19. The van der Waals surface area contributed by atoms with Crippen LogP contribution < -0.4 is 0 Å². The van der Waals surface area contributed by atoms with Crippen LogP contribution in [0.5, 0.6) is 0 Å². The van der Waals surface area contributed by atoms with Crippen molar-refractivity contribution in [3.8, 4) is 0 Å². The molecule has 0 aromatic carbocycles. The second-order valence-corrected chi connectivity index (χ2v) is 12.4. The Balaban J connectivity index is -0.000000631. The molecule has 0 radical (unpaired) electrons. The van der Waals surface area contributed by atoms with E-state index >= 15 is 0 Å². The molecule has 0 saturated carbocycles. The average molecular weight is 619 g/mol. The van der Waals surface area contributed by atoms with Gasteiger partial charge in [0.2, 0.25) is 0 Å². The minimum Gasteiger partial charge on any atom is -0.481 e. The highest BCUT2D eigenvalue weighted by molar-refractivity contribution is 5.66. The molecule has 0 bridgehead atoms. The van der Waals surface area contributed by atoms with Crippen LogP contribution in [0.2, 0.25) is 0 Å². The Morgan fingerprint density at radius 3 is 0.837 bits per heavy atom. The molecule has 5 N–H and O–H groups in total. The molecule has 0 heterocycles. The second-order valence-electron chi connectivity index (χ2n) is 12.4. The lowest BCUT2D eigenvalue weighted by Gasteiger charge is -2.03. The Labute approximate surface area is 268 Å². The van der Waals surface area contributed by atoms with Gasteiger partial charge in [0.05, 0.1) is 13.2 Å². The number of hydrogen-bond acceptors (Lipinski definition) is 5. The van der Waals surface area contributed by atoms with Crippen LogP contribution in [0.1, 0.15) is 206 Å².